The van der Waals surface area contributed by atoms with Gasteiger partial charge in [0, 0.05) is 17.1 Å². The van der Waals surface area contributed by atoms with Crippen LogP contribution >= 0.6 is 15.9 Å². The number of methoxy groups -OCH3 is 2. The lowest BCUT2D eigenvalue weighted by molar-refractivity contribution is 0.184. The molecular formula is C13H18BrNO6S. The maximum Gasteiger partial charge on any atom is 0.244 e. The van der Waals surface area contributed by atoms with Gasteiger partial charge in [-0.3, -0.25) is 0 Å². The molecule has 0 aromatic heterocycles. The number of rotatable bonds is 5. The summed E-state index contributed by atoms with van der Waals surface area (Å²) in [7, 11) is -1.02. The zero-order valence-electron chi connectivity index (χ0n) is 12.2. The van der Waals surface area contributed by atoms with Gasteiger partial charge in [0.2, 0.25) is 10.0 Å². The quantitative estimate of drug-likeness (QED) is 0.756. The summed E-state index contributed by atoms with van der Waals surface area (Å²) in [6.45, 7) is -0.393. The molecule has 1 aliphatic heterocycles. The predicted octanol–water partition coefficient (Wildman–Crippen LogP) is 0.583. The van der Waals surface area contributed by atoms with E-state index in [0.717, 1.165) is 4.31 Å². The monoisotopic (exact) mass is 395 g/mol. The van der Waals surface area contributed by atoms with Crippen LogP contribution in [0.2, 0.25) is 0 Å². The second-order valence-corrected chi connectivity index (χ2v) is 7.65. The van der Waals surface area contributed by atoms with E-state index in [1.54, 1.807) is 0 Å². The van der Waals surface area contributed by atoms with Crippen LogP contribution in [0, 0.1) is 0 Å². The van der Waals surface area contributed by atoms with Crippen LogP contribution in [0.3, 0.4) is 0 Å². The molecule has 0 unspecified atom stereocenters. The van der Waals surface area contributed by atoms with Crippen LogP contribution in [-0.2, 0) is 10.0 Å². The molecule has 1 saturated heterocycles. The van der Waals surface area contributed by atoms with E-state index < -0.39 is 22.2 Å². The number of nitrogens with zero attached hydrogens (tertiary/aromatic N) is 1. The minimum Gasteiger partial charge on any atom is -0.493 e. The van der Waals surface area contributed by atoms with E-state index >= 15 is 0 Å². The number of hydrogen-bond donors (Lipinski definition) is 2. The van der Waals surface area contributed by atoms with Crippen molar-refractivity contribution in [3.8, 4) is 11.5 Å². The molecule has 0 saturated carbocycles. The van der Waals surface area contributed by atoms with Crippen molar-refractivity contribution in [3.05, 3.63) is 16.6 Å². The van der Waals surface area contributed by atoms with Gasteiger partial charge in [0.1, 0.15) is 4.90 Å². The third-order valence-corrected chi connectivity index (χ3v) is 6.45. The molecular weight excluding hydrogens is 378 g/mol. The molecule has 2 rings (SSSR count). The van der Waals surface area contributed by atoms with Gasteiger partial charge in [0.15, 0.2) is 11.5 Å². The summed E-state index contributed by atoms with van der Waals surface area (Å²) in [6, 6.07) is 2.23. The van der Waals surface area contributed by atoms with Crippen LogP contribution in [0.1, 0.15) is 6.42 Å². The van der Waals surface area contributed by atoms with Crippen molar-refractivity contribution in [3.63, 3.8) is 0 Å². The summed E-state index contributed by atoms with van der Waals surface area (Å²) in [4.78, 5) is -0.00213. The van der Waals surface area contributed by atoms with Crippen LogP contribution in [0.4, 0.5) is 0 Å². The summed E-state index contributed by atoms with van der Waals surface area (Å²) in [5.74, 6) is 0.679. The highest BCUT2D eigenvalue weighted by Crippen LogP contribution is 2.38. The van der Waals surface area contributed by atoms with Gasteiger partial charge in [-0.15, -0.1) is 0 Å². The third-order valence-electron chi connectivity index (χ3n) is 3.58. The van der Waals surface area contributed by atoms with Crippen molar-refractivity contribution < 1.29 is 28.1 Å². The Morgan fingerprint density at radius 3 is 2.45 bits per heavy atom. The van der Waals surface area contributed by atoms with E-state index in [1.807, 2.05) is 0 Å². The van der Waals surface area contributed by atoms with Crippen LogP contribution in [0.25, 0.3) is 0 Å². The summed E-state index contributed by atoms with van der Waals surface area (Å²) < 4.78 is 37.3. The highest BCUT2D eigenvalue weighted by atomic mass is 79.9. The second kappa shape index (κ2) is 6.71. The molecule has 0 radical (unpaired) electrons. The van der Waals surface area contributed by atoms with Crippen molar-refractivity contribution in [2.75, 3.05) is 27.4 Å². The largest absolute Gasteiger partial charge is 0.493 e. The minimum absolute atomic E-state index is 0.00213. The number of sulfonamides is 1. The summed E-state index contributed by atoms with van der Waals surface area (Å²) in [5, 5.41) is 19.0. The number of halogens is 1. The first kappa shape index (κ1) is 17.5. The first-order valence-corrected chi connectivity index (χ1v) is 8.80. The zero-order chi connectivity index (χ0) is 16.5. The maximum absolute atomic E-state index is 12.8. The molecule has 9 heteroatoms. The van der Waals surface area contributed by atoms with Crippen LogP contribution < -0.4 is 9.47 Å². The molecule has 1 fully saturated rings. The predicted molar refractivity (Wildman–Crippen MR) is 82.6 cm³/mol. The molecule has 1 aromatic rings. The number of ether oxygens (including phenoxy) is 2. The Morgan fingerprint density at radius 2 is 1.91 bits per heavy atom. The maximum atomic E-state index is 12.8. The Bertz CT molecular complexity index is 650. The van der Waals surface area contributed by atoms with E-state index in [2.05, 4.69) is 15.9 Å². The molecule has 0 spiro atoms. The average molecular weight is 396 g/mol. The van der Waals surface area contributed by atoms with Crippen LogP contribution in [-0.4, -0.2) is 62.5 Å². The van der Waals surface area contributed by atoms with Crippen LogP contribution in [0.5, 0.6) is 11.5 Å². The van der Waals surface area contributed by atoms with Crippen molar-refractivity contribution in [1.82, 2.24) is 4.31 Å². The number of aliphatic hydroxyl groups is 2. The standard InChI is InChI=1S/C13H18BrNO6S/c1-20-11-4-10(14)13(5-12(11)21-2)22(18,19)15-6-9(17)3-8(15)7-16/h4-5,8-9,16-17H,3,6-7H2,1-2H3/t8-,9-/m0/s1. The Labute approximate surface area is 137 Å². The molecule has 2 N–H and O–H groups in total. The van der Waals surface area contributed by atoms with Crippen molar-refractivity contribution in [2.45, 2.75) is 23.5 Å². The van der Waals surface area contributed by atoms with Gasteiger partial charge in [0.25, 0.3) is 0 Å². The van der Waals surface area contributed by atoms with E-state index in [4.69, 9.17) is 9.47 Å². The second-order valence-electron chi connectivity index (χ2n) is 4.94. The highest BCUT2D eigenvalue weighted by Gasteiger charge is 2.40. The van der Waals surface area contributed by atoms with Gasteiger partial charge in [-0.2, -0.15) is 4.31 Å². The summed E-state index contributed by atoms with van der Waals surface area (Å²) in [6.07, 6.45) is -0.577. The van der Waals surface area contributed by atoms with Gasteiger partial charge in [-0.05, 0) is 28.4 Å². The number of aliphatic hydroxyl groups excluding tert-OH is 2. The van der Waals surface area contributed by atoms with E-state index in [9.17, 15) is 18.6 Å². The molecule has 7 nitrogen and oxygen atoms in total. The van der Waals surface area contributed by atoms with Crippen molar-refractivity contribution in [1.29, 1.82) is 0 Å². The molecule has 1 heterocycles. The first-order chi connectivity index (χ1) is 10.3. The Kier molecular flexibility index (Phi) is 5.33. The lowest BCUT2D eigenvalue weighted by Crippen LogP contribution is -2.38. The fourth-order valence-corrected chi connectivity index (χ4v) is 5.15. The van der Waals surface area contributed by atoms with Gasteiger partial charge in [-0.25, -0.2) is 8.42 Å². The first-order valence-electron chi connectivity index (χ1n) is 6.57. The molecule has 1 aliphatic rings. The fourth-order valence-electron chi connectivity index (χ4n) is 2.48. The Morgan fingerprint density at radius 1 is 1.32 bits per heavy atom. The lowest BCUT2D eigenvalue weighted by atomic mass is 10.2. The number of benzene rings is 1. The average Bonchev–Trinajstić information content (AvgIpc) is 2.88. The van der Waals surface area contributed by atoms with Gasteiger partial charge < -0.3 is 19.7 Å². The molecule has 0 bridgehead atoms. The lowest BCUT2D eigenvalue weighted by Gasteiger charge is -2.23. The fraction of sp³-hybridized carbons (Fsp3) is 0.538. The number of β-amino-alcohol motifs (C(OH)–C–C–N with tert-alkyl or cyclic N) is 1. The van der Waals surface area contributed by atoms with Gasteiger partial charge >= 0.3 is 0 Å². The summed E-state index contributed by atoms with van der Waals surface area (Å²) >= 11 is 3.22. The van der Waals surface area contributed by atoms with E-state index in [1.165, 1.54) is 26.4 Å². The van der Waals surface area contributed by atoms with Gasteiger partial charge in [-0.1, -0.05) is 0 Å². The van der Waals surface area contributed by atoms with Crippen molar-refractivity contribution >= 4 is 26.0 Å². The smallest absolute Gasteiger partial charge is 0.244 e. The number of hydrogen-bond acceptors (Lipinski definition) is 6. The van der Waals surface area contributed by atoms with Gasteiger partial charge in [0.05, 0.1) is 33.0 Å². The molecule has 0 aliphatic carbocycles. The molecule has 2 atom stereocenters. The molecule has 124 valence electrons. The molecule has 1 aromatic carbocycles. The zero-order valence-corrected chi connectivity index (χ0v) is 14.6. The SMILES string of the molecule is COc1cc(Br)c(S(=O)(=O)N2C[C@@H](O)C[C@H]2CO)cc1OC. The van der Waals surface area contributed by atoms with E-state index in [0.29, 0.717) is 10.2 Å². The minimum atomic E-state index is -3.89. The third kappa shape index (κ3) is 3.09. The Hall–Kier alpha value is -0.870. The normalized spacial score (nSPS) is 22.8. The van der Waals surface area contributed by atoms with Crippen LogP contribution in [0.15, 0.2) is 21.5 Å². The summed E-state index contributed by atoms with van der Waals surface area (Å²) in [5.41, 5.74) is 0. The molecule has 0 amide bonds. The van der Waals surface area contributed by atoms with E-state index in [-0.39, 0.29) is 30.2 Å². The van der Waals surface area contributed by atoms with Crippen molar-refractivity contribution in [2.24, 2.45) is 0 Å². The Balaban J connectivity index is 2.50. The molecule has 22 heavy (non-hydrogen) atoms. The topological polar surface area (TPSA) is 96.3 Å². The highest BCUT2D eigenvalue weighted by molar-refractivity contribution is 9.10.